The number of hydrogen-bond acceptors (Lipinski definition) is 3. The van der Waals surface area contributed by atoms with E-state index in [0.717, 1.165) is 5.56 Å². The summed E-state index contributed by atoms with van der Waals surface area (Å²) in [5, 5.41) is 11.4. The van der Waals surface area contributed by atoms with Crippen LogP contribution in [0.3, 0.4) is 0 Å². The Labute approximate surface area is 132 Å². The molecule has 0 aliphatic carbocycles. The molecule has 1 aromatic carbocycles. The van der Waals surface area contributed by atoms with Gasteiger partial charge in [0.1, 0.15) is 0 Å². The van der Waals surface area contributed by atoms with Crippen LogP contribution in [-0.2, 0) is 20.8 Å². The predicted octanol–water partition coefficient (Wildman–Crippen LogP) is 0.881. The quantitative estimate of drug-likeness (QED) is 0.463. The highest BCUT2D eigenvalue weighted by molar-refractivity contribution is 5.97. The van der Waals surface area contributed by atoms with Crippen molar-refractivity contribution in [2.24, 2.45) is 0 Å². The highest BCUT2D eigenvalue weighted by Gasteiger charge is 2.53. The van der Waals surface area contributed by atoms with Crippen molar-refractivity contribution in [2.45, 2.75) is 31.7 Å². The maximum atomic E-state index is 14.2. The molecule has 0 saturated carbocycles. The number of halogens is 1. The number of alkyl halides is 1. The molecular weight excluding hydrogens is 303 g/mol. The van der Waals surface area contributed by atoms with Gasteiger partial charge in [-0.2, -0.15) is 0 Å². The van der Waals surface area contributed by atoms with E-state index in [4.69, 9.17) is 5.11 Å². The van der Waals surface area contributed by atoms with Gasteiger partial charge >= 0.3 is 5.97 Å². The molecule has 122 valence electrons. The fourth-order valence-corrected chi connectivity index (χ4v) is 2.45. The minimum Gasteiger partial charge on any atom is -0.479 e. The molecule has 1 aromatic rings. The third kappa shape index (κ3) is 3.39. The number of hydrogen-bond donors (Lipinski definition) is 2. The zero-order valence-corrected chi connectivity index (χ0v) is 12.5. The van der Waals surface area contributed by atoms with Crippen molar-refractivity contribution in [3.05, 3.63) is 48.0 Å². The minimum absolute atomic E-state index is 0.0141. The number of nitrogens with zero attached hydrogens (tertiary/aromatic N) is 1. The fraction of sp³-hybridized carbons (Fsp3) is 0.312. The molecule has 2 rings (SSSR count). The van der Waals surface area contributed by atoms with Crippen molar-refractivity contribution in [1.29, 1.82) is 0 Å². The summed E-state index contributed by atoms with van der Waals surface area (Å²) in [4.78, 5) is 35.6. The Bertz CT molecular complexity index is 633. The van der Waals surface area contributed by atoms with Crippen molar-refractivity contribution < 1.29 is 23.9 Å². The summed E-state index contributed by atoms with van der Waals surface area (Å²) in [6.45, 7) is 4.86. The molecule has 6 nitrogen and oxygen atoms in total. The van der Waals surface area contributed by atoms with E-state index < -0.39 is 36.2 Å². The van der Waals surface area contributed by atoms with Crippen LogP contribution in [0.4, 0.5) is 4.39 Å². The molecule has 1 heterocycles. The molecule has 1 fully saturated rings. The summed E-state index contributed by atoms with van der Waals surface area (Å²) < 4.78 is 14.2. The Balaban J connectivity index is 1.98. The van der Waals surface area contributed by atoms with Crippen molar-refractivity contribution in [1.82, 2.24) is 10.2 Å². The number of carboxylic acid groups (broad SMARTS) is 1. The molecule has 3 unspecified atom stereocenters. The molecule has 0 spiro atoms. The molecule has 7 heteroatoms. The van der Waals surface area contributed by atoms with Crippen molar-refractivity contribution >= 4 is 17.8 Å². The summed E-state index contributed by atoms with van der Waals surface area (Å²) >= 11 is 0. The second-order valence-corrected chi connectivity index (χ2v) is 5.41. The first-order valence-corrected chi connectivity index (χ1v) is 7.00. The lowest BCUT2D eigenvalue weighted by Crippen LogP contribution is -2.72. The van der Waals surface area contributed by atoms with Crippen LogP contribution in [0.5, 0.6) is 0 Å². The first-order valence-electron chi connectivity index (χ1n) is 7.00. The van der Waals surface area contributed by atoms with Gasteiger partial charge in [0.05, 0.1) is 6.42 Å². The standard InChI is InChI=1S/C16H17FN2O4/c1-9(2)13(16(22)23)19-14(17)12(15(19)21)18-11(20)8-10-6-4-3-5-7-10/h3-7,12-14H,1,8H2,2H3,(H,18,20)(H,22,23). The van der Waals surface area contributed by atoms with Gasteiger partial charge in [-0.1, -0.05) is 36.9 Å². The minimum atomic E-state index is -1.89. The zero-order chi connectivity index (χ0) is 17.1. The molecule has 0 bridgehead atoms. The first kappa shape index (κ1) is 16.7. The van der Waals surface area contributed by atoms with Crippen LogP contribution >= 0.6 is 0 Å². The Morgan fingerprint density at radius 1 is 1.39 bits per heavy atom. The van der Waals surface area contributed by atoms with Crippen LogP contribution in [0.25, 0.3) is 0 Å². The number of carbonyl (C=O) groups is 3. The SMILES string of the molecule is C=C(C)C(C(=O)O)N1C(=O)C(NC(=O)Cc2ccccc2)C1F. The van der Waals surface area contributed by atoms with Gasteiger partial charge in [-0.05, 0) is 18.1 Å². The second kappa shape index (κ2) is 6.60. The van der Waals surface area contributed by atoms with Crippen LogP contribution in [-0.4, -0.2) is 46.2 Å². The molecule has 1 aliphatic rings. The maximum absolute atomic E-state index is 14.2. The summed E-state index contributed by atoms with van der Waals surface area (Å²) in [7, 11) is 0. The average Bonchev–Trinajstić information content (AvgIpc) is 2.50. The Hall–Kier alpha value is -2.70. The van der Waals surface area contributed by atoms with Gasteiger partial charge in [-0.15, -0.1) is 0 Å². The van der Waals surface area contributed by atoms with Gasteiger partial charge in [-0.3, -0.25) is 14.5 Å². The number of amides is 2. The highest BCUT2D eigenvalue weighted by Crippen LogP contribution is 2.27. The van der Waals surface area contributed by atoms with Crippen molar-refractivity contribution in [3.8, 4) is 0 Å². The van der Waals surface area contributed by atoms with Gasteiger partial charge in [0, 0.05) is 0 Å². The van der Waals surface area contributed by atoms with Crippen LogP contribution < -0.4 is 5.32 Å². The third-order valence-electron chi connectivity index (χ3n) is 3.56. The van der Waals surface area contributed by atoms with Crippen molar-refractivity contribution in [3.63, 3.8) is 0 Å². The third-order valence-corrected chi connectivity index (χ3v) is 3.56. The lowest BCUT2D eigenvalue weighted by atomic mass is 9.98. The number of β-lactam (4-membered cyclic amide) rings is 1. The van der Waals surface area contributed by atoms with Crippen LogP contribution in [0.2, 0.25) is 0 Å². The largest absolute Gasteiger partial charge is 0.479 e. The lowest BCUT2D eigenvalue weighted by molar-refractivity contribution is -0.174. The Morgan fingerprint density at radius 2 is 2.00 bits per heavy atom. The van der Waals surface area contributed by atoms with E-state index in [9.17, 15) is 18.8 Å². The van der Waals surface area contributed by atoms with Crippen LogP contribution in [0.1, 0.15) is 12.5 Å². The molecule has 23 heavy (non-hydrogen) atoms. The number of benzene rings is 1. The smallest absolute Gasteiger partial charge is 0.330 e. The summed E-state index contributed by atoms with van der Waals surface area (Å²) in [5.74, 6) is -2.63. The normalized spacial score (nSPS) is 21.3. The van der Waals surface area contributed by atoms with E-state index in [1.165, 1.54) is 6.92 Å². The van der Waals surface area contributed by atoms with Crippen molar-refractivity contribution in [2.75, 3.05) is 0 Å². The van der Waals surface area contributed by atoms with E-state index in [0.29, 0.717) is 4.90 Å². The average molecular weight is 320 g/mol. The highest BCUT2D eigenvalue weighted by atomic mass is 19.1. The van der Waals surface area contributed by atoms with E-state index in [2.05, 4.69) is 11.9 Å². The zero-order valence-electron chi connectivity index (χ0n) is 12.5. The van der Waals surface area contributed by atoms with E-state index in [-0.39, 0.29) is 12.0 Å². The lowest BCUT2D eigenvalue weighted by Gasteiger charge is -2.45. The number of nitrogens with one attached hydrogen (secondary N) is 1. The molecule has 1 aliphatic heterocycles. The molecule has 2 amide bonds. The number of carboxylic acids is 1. The monoisotopic (exact) mass is 320 g/mol. The molecular formula is C16H17FN2O4. The van der Waals surface area contributed by atoms with Gasteiger partial charge in [0.15, 0.2) is 12.1 Å². The number of carbonyl (C=O) groups excluding carboxylic acids is 2. The van der Waals surface area contributed by atoms with E-state index in [1.54, 1.807) is 30.3 Å². The molecule has 0 aromatic heterocycles. The van der Waals surface area contributed by atoms with Gasteiger partial charge in [0.2, 0.25) is 12.2 Å². The van der Waals surface area contributed by atoms with Crippen LogP contribution in [0, 0.1) is 0 Å². The number of rotatable bonds is 6. The summed E-state index contributed by atoms with van der Waals surface area (Å²) in [5.41, 5.74) is 0.872. The topological polar surface area (TPSA) is 86.7 Å². The molecule has 1 saturated heterocycles. The van der Waals surface area contributed by atoms with Crippen LogP contribution in [0.15, 0.2) is 42.5 Å². The molecule has 3 atom stereocenters. The fourth-order valence-electron chi connectivity index (χ4n) is 2.45. The molecule has 0 radical (unpaired) electrons. The summed E-state index contributed by atoms with van der Waals surface area (Å²) in [6, 6.07) is 6.02. The van der Waals surface area contributed by atoms with Gasteiger partial charge in [-0.25, -0.2) is 9.18 Å². The predicted molar refractivity (Wildman–Crippen MR) is 80.1 cm³/mol. The Kier molecular flexibility index (Phi) is 4.78. The van der Waals surface area contributed by atoms with Gasteiger partial charge < -0.3 is 10.4 Å². The summed E-state index contributed by atoms with van der Waals surface area (Å²) in [6.07, 6.45) is -1.87. The van der Waals surface area contributed by atoms with E-state index >= 15 is 0 Å². The molecule has 2 N–H and O–H groups in total. The van der Waals surface area contributed by atoms with E-state index in [1.807, 2.05) is 0 Å². The maximum Gasteiger partial charge on any atom is 0.330 e. The number of aliphatic carboxylic acids is 1. The second-order valence-electron chi connectivity index (χ2n) is 5.41. The Morgan fingerprint density at radius 3 is 2.48 bits per heavy atom. The number of likely N-dealkylation sites (tertiary alicyclic amines) is 1. The first-order chi connectivity index (χ1) is 10.8. The van der Waals surface area contributed by atoms with Gasteiger partial charge in [0.25, 0.3) is 5.91 Å².